The Morgan fingerprint density at radius 3 is 2.80 bits per heavy atom. The lowest BCUT2D eigenvalue weighted by molar-refractivity contribution is -0.148. The van der Waals surface area contributed by atoms with Crippen molar-refractivity contribution in [1.29, 1.82) is 0 Å². The van der Waals surface area contributed by atoms with Gasteiger partial charge in [0.2, 0.25) is 5.56 Å². The van der Waals surface area contributed by atoms with Crippen LogP contribution in [0.25, 0.3) is 0 Å². The minimum Gasteiger partial charge on any atom is -0.479 e. The maximum absolute atomic E-state index is 12.5. The predicted octanol–water partition coefficient (Wildman–Crippen LogP) is 1.23. The van der Waals surface area contributed by atoms with Crippen molar-refractivity contribution < 1.29 is 14.7 Å². The number of nitrogens with zero attached hydrogens (tertiary/aromatic N) is 1. The molecule has 2 rings (SSSR count). The van der Waals surface area contributed by atoms with Crippen molar-refractivity contribution in [3.8, 4) is 0 Å². The van der Waals surface area contributed by atoms with E-state index in [0.717, 1.165) is 0 Å². The highest BCUT2D eigenvalue weighted by molar-refractivity contribution is 5.96. The number of amides is 1. The number of carboxylic acid groups (broad SMARTS) is 1. The van der Waals surface area contributed by atoms with Gasteiger partial charge in [-0.05, 0) is 25.3 Å². The average molecular weight is 278 g/mol. The van der Waals surface area contributed by atoms with Gasteiger partial charge < -0.3 is 15.0 Å². The Morgan fingerprint density at radius 1 is 1.45 bits per heavy atom. The van der Waals surface area contributed by atoms with Gasteiger partial charge in [-0.15, -0.1) is 0 Å². The summed E-state index contributed by atoms with van der Waals surface area (Å²) in [6, 6.07) is 4.31. The molecule has 1 aliphatic heterocycles. The van der Waals surface area contributed by atoms with Crippen molar-refractivity contribution in [3.05, 3.63) is 34.2 Å². The van der Waals surface area contributed by atoms with E-state index >= 15 is 0 Å². The van der Waals surface area contributed by atoms with E-state index in [1.807, 2.05) is 6.92 Å². The van der Waals surface area contributed by atoms with Crippen LogP contribution in [-0.4, -0.2) is 39.0 Å². The first-order valence-electron chi connectivity index (χ1n) is 6.76. The second-order valence-corrected chi connectivity index (χ2v) is 5.08. The molecule has 2 N–H and O–H groups in total. The van der Waals surface area contributed by atoms with Crippen LogP contribution >= 0.6 is 0 Å². The van der Waals surface area contributed by atoms with Crippen molar-refractivity contribution in [1.82, 2.24) is 9.88 Å². The van der Waals surface area contributed by atoms with Crippen LogP contribution in [0.3, 0.4) is 0 Å². The Balaban J connectivity index is 2.37. The molecule has 108 valence electrons. The molecule has 0 spiro atoms. The molecule has 20 heavy (non-hydrogen) atoms. The van der Waals surface area contributed by atoms with E-state index in [4.69, 9.17) is 0 Å². The molecule has 1 atom stereocenters. The van der Waals surface area contributed by atoms with Gasteiger partial charge in [-0.25, -0.2) is 4.79 Å². The molecular weight excluding hydrogens is 260 g/mol. The fraction of sp³-hybridized carbons (Fsp3) is 0.500. The van der Waals surface area contributed by atoms with Gasteiger partial charge in [0.25, 0.3) is 5.91 Å². The zero-order chi connectivity index (χ0) is 14.8. The summed E-state index contributed by atoms with van der Waals surface area (Å²) in [4.78, 5) is 39.3. The van der Waals surface area contributed by atoms with Crippen molar-refractivity contribution in [3.63, 3.8) is 0 Å². The third-order valence-electron chi connectivity index (χ3n) is 3.79. The first kappa shape index (κ1) is 14.3. The maximum Gasteiger partial charge on any atom is 0.329 e. The van der Waals surface area contributed by atoms with Crippen molar-refractivity contribution >= 4 is 11.9 Å². The molecule has 0 aliphatic carbocycles. The van der Waals surface area contributed by atoms with E-state index in [1.165, 1.54) is 23.1 Å². The zero-order valence-electron chi connectivity index (χ0n) is 11.4. The van der Waals surface area contributed by atoms with Gasteiger partial charge in [0.1, 0.15) is 11.2 Å². The summed E-state index contributed by atoms with van der Waals surface area (Å²) in [6.45, 7) is 2.30. The van der Waals surface area contributed by atoms with Gasteiger partial charge in [-0.2, -0.15) is 0 Å². The van der Waals surface area contributed by atoms with E-state index in [9.17, 15) is 19.5 Å². The van der Waals surface area contributed by atoms with Gasteiger partial charge >= 0.3 is 5.97 Å². The lowest BCUT2D eigenvalue weighted by Gasteiger charge is -2.34. The second kappa shape index (κ2) is 5.48. The molecule has 0 radical (unpaired) electrons. The molecular formula is C14H18N2O4. The number of aromatic amines is 1. The van der Waals surface area contributed by atoms with E-state index in [0.29, 0.717) is 32.2 Å². The minimum absolute atomic E-state index is 0.140. The fourth-order valence-electron chi connectivity index (χ4n) is 2.90. The van der Waals surface area contributed by atoms with Crippen LogP contribution in [0.2, 0.25) is 0 Å². The summed E-state index contributed by atoms with van der Waals surface area (Å²) in [5, 5.41) is 9.55. The Bertz CT molecular complexity index is 581. The quantitative estimate of drug-likeness (QED) is 0.866. The smallest absolute Gasteiger partial charge is 0.329 e. The molecule has 1 unspecified atom stereocenters. The molecule has 6 nitrogen and oxygen atoms in total. The van der Waals surface area contributed by atoms with Crippen molar-refractivity contribution in [2.45, 2.75) is 38.1 Å². The van der Waals surface area contributed by atoms with E-state index in [2.05, 4.69) is 4.98 Å². The zero-order valence-corrected chi connectivity index (χ0v) is 11.4. The number of likely N-dealkylation sites (tertiary alicyclic amines) is 1. The molecule has 1 aromatic rings. The van der Waals surface area contributed by atoms with Crippen LogP contribution in [-0.2, 0) is 4.79 Å². The monoisotopic (exact) mass is 278 g/mol. The number of hydrogen-bond acceptors (Lipinski definition) is 3. The topological polar surface area (TPSA) is 90.5 Å². The SMILES string of the molecule is CCCC1(C(=O)O)CCCN1C(=O)c1cccc(=O)[nH]1. The van der Waals surface area contributed by atoms with Crippen molar-refractivity contribution in [2.75, 3.05) is 6.54 Å². The van der Waals surface area contributed by atoms with E-state index in [-0.39, 0.29) is 11.3 Å². The van der Waals surface area contributed by atoms with Gasteiger partial charge in [0.05, 0.1) is 0 Å². The summed E-state index contributed by atoms with van der Waals surface area (Å²) in [6.07, 6.45) is 2.22. The highest BCUT2D eigenvalue weighted by atomic mass is 16.4. The number of aliphatic carboxylic acids is 1. The number of carbonyl (C=O) groups excluding carboxylic acids is 1. The van der Waals surface area contributed by atoms with Gasteiger partial charge in [-0.1, -0.05) is 19.4 Å². The molecule has 1 saturated heterocycles. The Morgan fingerprint density at radius 2 is 2.20 bits per heavy atom. The first-order valence-corrected chi connectivity index (χ1v) is 6.76. The Kier molecular flexibility index (Phi) is 3.92. The number of aromatic nitrogens is 1. The lowest BCUT2D eigenvalue weighted by atomic mass is 9.90. The molecule has 1 aliphatic rings. The summed E-state index contributed by atoms with van der Waals surface area (Å²) in [5.74, 6) is -1.39. The van der Waals surface area contributed by atoms with Gasteiger partial charge in [-0.3, -0.25) is 9.59 Å². The minimum atomic E-state index is -1.14. The number of pyridine rings is 1. The number of hydrogen-bond donors (Lipinski definition) is 2. The summed E-state index contributed by atoms with van der Waals surface area (Å²) >= 11 is 0. The van der Waals surface area contributed by atoms with Crippen LogP contribution < -0.4 is 5.56 Å². The van der Waals surface area contributed by atoms with Crippen LogP contribution in [0, 0.1) is 0 Å². The van der Waals surface area contributed by atoms with Crippen LogP contribution in [0.5, 0.6) is 0 Å². The van der Waals surface area contributed by atoms with Gasteiger partial charge in [0.15, 0.2) is 0 Å². The molecule has 6 heteroatoms. The molecule has 2 heterocycles. The summed E-state index contributed by atoms with van der Waals surface area (Å²) < 4.78 is 0. The highest BCUT2D eigenvalue weighted by Crippen LogP contribution is 2.34. The first-order chi connectivity index (χ1) is 9.51. The number of carboxylic acids is 1. The van der Waals surface area contributed by atoms with E-state index < -0.39 is 17.4 Å². The van der Waals surface area contributed by atoms with E-state index in [1.54, 1.807) is 0 Å². The summed E-state index contributed by atoms with van der Waals surface area (Å²) in [7, 11) is 0. The Labute approximate surface area is 116 Å². The average Bonchev–Trinajstić information content (AvgIpc) is 2.83. The fourth-order valence-corrected chi connectivity index (χ4v) is 2.90. The molecule has 1 amide bonds. The second-order valence-electron chi connectivity index (χ2n) is 5.08. The standard InChI is InChI=1S/C14H18N2O4/c1-2-7-14(13(19)20)8-4-9-16(14)12(18)10-5-3-6-11(17)15-10/h3,5-6H,2,4,7-9H2,1H3,(H,15,17)(H,19,20). The number of H-pyrrole nitrogens is 1. The molecule has 1 fully saturated rings. The van der Waals surface area contributed by atoms with Crippen molar-refractivity contribution in [2.24, 2.45) is 0 Å². The van der Waals surface area contributed by atoms with Crippen LogP contribution in [0.1, 0.15) is 43.1 Å². The largest absolute Gasteiger partial charge is 0.479 e. The number of carbonyl (C=O) groups is 2. The molecule has 0 aromatic carbocycles. The molecule has 1 aromatic heterocycles. The van der Waals surface area contributed by atoms with Gasteiger partial charge in [0, 0.05) is 12.6 Å². The lowest BCUT2D eigenvalue weighted by Crippen LogP contribution is -2.53. The normalized spacial score (nSPS) is 21.9. The van der Waals surface area contributed by atoms with Crippen LogP contribution in [0.15, 0.2) is 23.0 Å². The third-order valence-corrected chi connectivity index (χ3v) is 3.79. The third kappa shape index (κ3) is 2.33. The molecule has 0 bridgehead atoms. The Hall–Kier alpha value is -2.11. The number of nitrogens with one attached hydrogen (secondary N) is 1. The van der Waals surface area contributed by atoms with Crippen LogP contribution in [0.4, 0.5) is 0 Å². The summed E-state index contributed by atoms with van der Waals surface area (Å²) in [5.41, 5.74) is -1.37. The number of rotatable bonds is 4. The highest BCUT2D eigenvalue weighted by Gasteiger charge is 2.49. The maximum atomic E-state index is 12.5. The molecule has 0 saturated carbocycles. The predicted molar refractivity (Wildman–Crippen MR) is 72.6 cm³/mol.